The van der Waals surface area contributed by atoms with Gasteiger partial charge in [0.1, 0.15) is 0 Å². The standard InChI is InChI=1S/C18H21NO/c1-13-7-8-15-12-16(9-10-17(15)19-13)18(20)11-14-5-3-2-4-6-14/h7-10,12,14H,2-6,11H2,1H3. The van der Waals surface area contributed by atoms with Gasteiger partial charge in [0.15, 0.2) is 5.78 Å². The van der Waals surface area contributed by atoms with Gasteiger partial charge in [-0.2, -0.15) is 0 Å². The Morgan fingerprint density at radius 2 is 1.95 bits per heavy atom. The van der Waals surface area contributed by atoms with E-state index < -0.39 is 0 Å². The second-order valence-corrected chi connectivity index (χ2v) is 5.99. The molecule has 104 valence electrons. The van der Waals surface area contributed by atoms with Crippen LogP contribution < -0.4 is 0 Å². The van der Waals surface area contributed by atoms with Crippen LogP contribution in [0.1, 0.15) is 54.6 Å². The zero-order chi connectivity index (χ0) is 13.9. The topological polar surface area (TPSA) is 30.0 Å². The van der Waals surface area contributed by atoms with Gasteiger partial charge in [0, 0.05) is 23.1 Å². The van der Waals surface area contributed by atoms with Crippen molar-refractivity contribution in [2.75, 3.05) is 0 Å². The Hall–Kier alpha value is -1.70. The highest BCUT2D eigenvalue weighted by atomic mass is 16.1. The Bertz CT molecular complexity index is 626. The Morgan fingerprint density at radius 1 is 1.15 bits per heavy atom. The summed E-state index contributed by atoms with van der Waals surface area (Å²) in [5, 5.41) is 1.06. The molecule has 0 aliphatic heterocycles. The summed E-state index contributed by atoms with van der Waals surface area (Å²) in [5.41, 5.74) is 2.83. The van der Waals surface area contributed by atoms with E-state index in [0.29, 0.717) is 18.1 Å². The van der Waals surface area contributed by atoms with E-state index >= 15 is 0 Å². The molecule has 0 bridgehead atoms. The number of ketones is 1. The second kappa shape index (κ2) is 5.74. The van der Waals surface area contributed by atoms with Crippen LogP contribution in [0.15, 0.2) is 30.3 Å². The lowest BCUT2D eigenvalue weighted by Crippen LogP contribution is -2.12. The number of aromatic nitrogens is 1. The number of benzene rings is 1. The second-order valence-electron chi connectivity index (χ2n) is 5.99. The molecule has 0 saturated heterocycles. The fourth-order valence-corrected chi connectivity index (χ4v) is 3.17. The number of aryl methyl sites for hydroxylation is 1. The number of carbonyl (C=O) groups excluding carboxylic acids is 1. The summed E-state index contributed by atoms with van der Waals surface area (Å²) in [6.45, 7) is 1.99. The molecular weight excluding hydrogens is 246 g/mol. The van der Waals surface area contributed by atoms with Gasteiger partial charge in [0.05, 0.1) is 5.52 Å². The van der Waals surface area contributed by atoms with E-state index in [0.717, 1.165) is 22.2 Å². The minimum absolute atomic E-state index is 0.291. The van der Waals surface area contributed by atoms with Gasteiger partial charge in [0.25, 0.3) is 0 Å². The molecule has 20 heavy (non-hydrogen) atoms. The van der Waals surface area contributed by atoms with Gasteiger partial charge in [-0.3, -0.25) is 9.78 Å². The predicted molar refractivity (Wildman–Crippen MR) is 82.0 cm³/mol. The molecule has 2 nitrogen and oxygen atoms in total. The molecule has 1 aliphatic rings. The maximum atomic E-state index is 12.4. The number of rotatable bonds is 3. The minimum Gasteiger partial charge on any atom is -0.294 e. The van der Waals surface area contributed by atoms with Crippen molar-refractivity contribution in [2.45, 2.75) is 45.4 Å². The molecule has 2 heteroatoms. The maximum absolute atomic E-state index is 12.4. The fourth-order valence-electron chi connectivity index (χ4n) is 3.17. The number of hydrogen-bond acceptors (Lipinski definition) is 2. The van der Waals surface area contributed by atoms with Gasteiger partial charge >= 0.3 is 0 Å². The first kappa shape index (κ1) is 13.3. The molecule has 1 aromatic heterocycles. The third-order valence-corrected chi connectivity index (χ3v) is 4.35. The largest absolute Gasteiger partial charge is 0.294 e. The third-order valence-electron chi connectivity index (χ3n) is 4.35. The van der Waals surface area contributed by atoms with Gasteiger partial charge in [-0.05, 0) is 37.1 Å². The van der Waals surface area contributed by atoms with Crippen molar-refractivity contribution in [3.05, 3.63) is 41.6 Å². The van der Waals surface area contributed by atoms with Crippen molar-refractivity contribution in [2.24, 2.45) is 5.92 Å². The highest BCUT2D eigenvalue weighted by Crippen LogP contribution is 2.28. The number of hydrogen-bond donors (Lipinski definition) is 0. The first-order chi connectivity index (χ1) is 9.72. The van der Waals surface area contributed by atoms with Crippen LogP contribution in [-0.4, -0.2) is 10.8 Å². The van der Waals surface area contributed by atoms with Crippen LogP contribution in [-0.2, 0) is 0 Å². The molecule has 1 aliphatic carbocycles. The van der Waals surface area contributed by atoms with Crippen LogP contribution in [0.4, 0.5) is 0 Å². The van der Waals surface area contributed by atoms with Crippen LogP contribution in [0.3, 0.4) is 0 Å². The quantitative estimate of drug-likeness (QED) is 0.755. The molecule has 0 spiro atoms. The van der Waals surface area contributed by atoms with Crippen molar-refractivity contribution in [3.8, 4) is 0 Å². The number of fused-ring (bicyclic) bond motifs is 1. The van der Waals surface area contributed by atoms with Gasteiger partial charge in [-0.15, -0.1) is 0 Å². The molecule has 0 radical (unpaired) electrons. The molecule has 0 N–H and O–H groups in total. The Kier molecular flexibility index (Phi) is 3.81. The molecule has 0 unspecified atom stereocenters. The van der Waals surface area contributed by atoms with E-state index in [2.05, 4.69) is 11.1 Å². The summed E-state index contributed by atoms with van der Waals surface area (Å²) in [5.74, 6) is 0.891. The minimum atomic E-state index is 0.291. The first-order valence-corrected chi connectivity index (χ1v) is 7.63. The summed E-state index contributed by atoms with van der Waals surface area (Å²) in [4.78, 5) is 16.9. The summed E-state index contributed by atoms with van der Waals surface area (Å²) >= 11 is 0. The van der Waals surface area contributed by atoms with Crippen LogP contribution in [0.5, 0.6) is 0 Å². The molecule has 1 aromatic carbocycles. The Balaban J connectivity index is 1.78. The van der Waals surface area contributed by atoms with Gasteiger partial charge in [0.2, 0.25) is 0 Å². The lowest BCUT2D eigenvalue weighted by molar-refractivity contribution is 0.0950. The SMILES string of the molecule is Cc1ccc2cc(C(=O)CC3CCCCC3)ccc2n1. The monoisotopic (exact) mass is 267 g/mol. The first-order valence-electron chi connectivity index (χ1n) is 7.63. The fraction of sp³-hybridized carbons (Fsp3) is 0.444. The van der Waals surface area contributed by atoms with E-state index in [-0.39, 0.29) is 0 Å². The van der Waals surface area contributed by atoms with E-state index in [1.807, 2.05) is 31.2 Å². The van der Waals surface area contributed by atoms with Crippen molar-refractivity contribution in [1.29, 1.82) is 0 Å². The zero-order valence-corrected chi connectivity index (χ0v) is 12.1. The molecule has 1 heterocycles. The molecule has 3 rings (SSSR count). The lowest BCUT2D eigenvalue weighted by Gasteiger charge is -2.20. The average Bonchev–Trinajstić information content (AvgIpc) is 2.47. The number of pyridine rings is 1. The van der Waals surface area contributed by atoms with Crippen molar-refractivity contribution >= 4 is 16.7 Å². The van der Waals surface area contributed by atoms with Crippen molar-refractivity contribution < 1.29 is 4.79 Å². The highest BCUT2D eigenvalue weighted by Gasteiger charge is 2.18. The maximum Gasteiger partial charge on any atom is 0.163 e. The summed E-state index contributed by atoms with van der Waals surface area (Å²) in [6.07, 6.45) is 7.08. The van der Waals surface area contributed by atoms with Gasteiger partial charge in [-0.1, -0.05) is 38.2 Å². The molecule has 0 atom stereocenters. The smallest absolute Gasteiger partial charge is 0.163 e. The molecule has 0 amide bonds. The summed E-state index contributed by atoms with van der Waals surface area (Å²) in [6, 6.07) is 9.94. The number of carbonyl (C=O) groups is 1. The Labute approximate surface area is 120 Å². The van der Waals surface area contributed by atoms with Crippen LogP contribution in [0.25, 0.3) is 10.9 Å². The van der Waals surface area contributed by atoms with E-state index in [4.69, 9.17) is 0 Å². The molecule has 1 fully saturated rings. The Morgan fingerprint density at radius 3 is 2.75 bits per heavy atom. The highest BCUT2D eigenvalue weighted by molar-refractivity contribution is 5.99. The normalized spacial score (nSPS) is 16.4. The van der Waals surface area contributed by atoms with E-state index in [1.54, 1.807) is 0 Å². The number of nitrogens with zero attached hydrogens (tertiary/aromatic N) is 1. The van der Waals surface area contributed by atoms with Crippen LogP contribution in [0.2, 0.25) is 0 Å². The molecule has 1 saturated carbocycles. The van der Waals surface area contributed by atoms with Crippen LogP contribution >= 0.6 is 0 Å². The lowest BCUT2D eigenvalue weighted by atomic mass is 9.84. The van der Waals surface area contributed by atoms with E-state index in [9.17, 15) is 4.79 Å². The average molecular weight is 267 g/mol. The number of Topliss-reactive ketones (excluding diaryl/α,β-unsaturated/α-hetero) is 1. The van der Waals surface area contributed by atoms with Crippen LogP contribution in [0, 0.1) is 12.8 Å². The van der Waals surface area contributed by atoms with Crippen molar-refractivity contribution in [1.82, 2.24) is 4.98 Å². The molecule has 2 aromatic rings. The third kappa shape index (κ3) is 2.90. The van der Waals surface area contributed by atoms with Crippen molar-refractivity contribution in [3.63, 3.8) is 0 Å². The molecular formula is C18H21NO. The van der Waals surface area contributed by atoms with E-state index in [1.165, 1.54) is 32.1 Å². The summed E-state index contributed by atoms with van der Waals surface area (Å²) in [7, 11) is 0. The zero-order valence-electron chi connectivity index (χ0n) is 12.1. The van der Waals surface area contributed by atoms with Gasteiger partial charge in [-0.25, -0.2) is 0 Å². The predicted octanol–water partition coefficient (Wildman–Crippen LogP) is 4.70. The summed E-state index contributed by atoms with van der Waals surface area (Å²) < 4.78 is 0. The van der Waals surface area contributed by atoms with Gasteiger partial charge < -0.3 is 0 Å².